The zero-order valence-corrected chi connectivity index (χ0v) is 14.2. The Kier molecular flexibility index (Phi) is 5.38. The summed E-state index contributed by atoms with van der Waals surface area (Å²) in [5.41, 5.74) is -0.747. The molecule has 24 heavy (non-hydrogen) atoms. The fraction of sp³-hybridized carbons (Fsp3) is 0.824. The molecule has 1 saturated carbocycles. The van der Waals surface area contributed by atoms with Crippen LogP contribution in [0.15, 0.2) is 0 Å². The number of amides is 4. The maximum Gasteiger partial charge on any atom is 0.325 e. The molecule has 0 radical (unpaired) electrons. The first kappa shape index (κ1) is 17.2. The van der Waals surface area contributed by atoms with Crippen LogP contribution in [-0.2, 0) is 9.59 Å². The number of nitrogens with zero attached hydrogens (tertiary/aromatic N) is 1. The summed E-state index contributed by atoms with van der Waals surface area (Å²) in [4.78, 5) is 37.9. The van der Waals surface area contributed by atoms with Crippen LogP contribution in [0.5, 0.6) is 0 Å². The van der Waals surface area contributed by atoms with E-state index in [1.54, 1.807) is 0 Å². The summed E-state index contributed by atoms with van der Waals surface area (Å²) >= 11 is 0. The monoisotopic (exact) mass is 336 g/mol. The molecule has 2 aliphatic heterocycles. The smallest absolute Gasteiger partial charge is 0.325 e. The van der Waals surface area contributed by atoms with E-state index in [9.17, 15) is 14.4 Å². The third-order valence-electron chi connectivity index (χ3n) is 5.53. The van der Waals surface area contributed by atoms with Gasteiger partial charge in [0.25, 0.3) is 5.91 Å². The lowest BCUT2D eigenvalue weighted by molar-refractivity contribution is -0.135. The van der Waals surface area contributed by atoms with Crippen LogP contribution >= 0.6 is 0 Å². The second-order valence-corrected chi connectivity index (χ2v) is 7.32. The molecule has 1 aliphatic carbocycles. The maximum absolute atomic E-state index is 12.6. The van der Waals surface area contributed by atoms with Crippen molar-refractivity contribution < 1.29 is 14.4 Å². The third kappa shape index (κ3) is 3.71. The Morgan fingerprint density at radius 1 is 1.21 bits per heavy atom. The highest BCUT2D eigenvalue weighted by Crippen LogP contribution is 2.33. The Morgan fingerprint density at radius 2 is 2.00 bits per heavy atom. The van der Waals surface area contributed by atoms with Crippen LogP contribution in [0.25, 0.3) is 0 Å². The fourth-order valence-corrected chi connectivity index (χ4v) is 4.10. The first-order valence-electron chi connectivity index (χ1n) is 9.22. The van der Waals surface area contributed by atoms with E-state index in [0.717, 1.165) is 43.7 Å². The molecule has 0 aromatic rings. The standard InChI is InChI=1S/C17H28N4O3/c22-14(19-10-6-13-5-4-9-18-11-13)12-21-15(23)17(20-16(21)24)7-2-1-3-8-17/h13,18H,1-12H2,(H,19,22)(H,20,24). The van der Waals surface area contributed by atoms with Gasteiger partial charge < -0.3 is 16.0 Å². The lowest BCUT2D eigenvalue weighted by Gasteiger charge is -2.30. The SMILES string of the molecule is O=C(CN1C(=O)NC2(CCCCC2)C1=O)NCCC1CCCNC1. The van der Waals surface area contributed by atoms with Crippen molar-refractivity contribution in [2.45, 2.75) is 56.9 Å². The highest BCUT2D eigenvalue weighted by molar-refractivity contribution is 6.09. The Morgan fingerprint density at radius 3 is 2.71 bits per heavy atom. The minimum Gasteiger partial charge on any atom is -0.355 e. The van der Waals surface area contributed by atoms with Gasteiger partial charge in [-0.1, -0.05) is 19.3 Å². The van der Waals surface area contributed by atoms with Crippen LogP contribution in [0, 0.1) is 5.92 Å². The van der Waals surface area contributed by atoms with E-state index in [1.165, 1.54) is 12.8 Å². The van der Waals surface area contributed by atoms with Crippen molar-refractivity contribution in [3.05, 3.63) is 0 Å². The van der Waals surface area contributed by atoms with E-state index >= 15 is 0 Å². The van der Waals surface area contributed by atoms with Crippen LogP contribution in [0.1, 0.15) is 51.4 Å². The minimum atomic E-state index is -0.747. The van der Waals surface area contributed by atoms with E-state index in [2.05, 4.69) is 16.0 Å². The van der Waals surface area contributed by atoms with E-state index in [4.69, 9.17) is 0 Å². The molecule has 3 aliphatic rings. The molecule has 2 saturated heterocycles. The van der Waals surface area contributed by atoms with Gasteiger partial charge in [-0.25, -0.2) is 4.79 Å². The summed E-state index contributed by atoms with van der Waals surface area (Å²) in [7, 11) is 0. The Labute approximate surface area is 142 Å². The second-order valence-electron chi connectivity index (χ2n) is 7.32. The normalized spacial score (nSPS) is 26.5. The molecule has 3 N–H and O–H groups in total. The van der Waals surface area contributed by atoms with Gasteiger partial charge in [0, 0.05) is 6.54 Å². The summed E-state index contributed by atoms with van der Waals surface area (Å²) in [6, 6.07) is -0.423. The van der Waals surface area contributed by atoms with Gasteiger partial charge in [0.05, 0.1) is 0 Å². The molecule has 1 atom stereocenters. The van der Waals surface area contributed by atoms with Crippen molar-refractivity contribution in [2.24, 2.45) is 5.92 Å². The van der Waals surface area contributed by atoms with Gasteiger partial charge in [0.2, 0.25) is 5.91 Å². The van der Waals surface area contributed by atoms with Gasteiger partial charge in [-0.2, -0.15) is 0 Å². The summed E-state index contributed by atoms with van der Waals surface area (Å²) in [6.45, 7) is 2.51. The number of hydrogen-bond donors (Lipinski definition) is 3. The Balaban J connectivity index is 1.45. The van der Waals surface area contributed by atoms with Gasteiger partial charge in [-0.05, 0) is 51.1 Å². The number of imide groups is 1. The summed E-state index contributed by atoms with van der Waals surface area (Å²) < 4.78 is 0. The number of carbonyl (C=O) groups is 3. The molecule has 0 aromatic carbocycles. The molecule has 134 valence electrons. The topological polar surface area (TPSA) is 90.5 Å². The third-order valence-corrected chi connectivity index (χ3v) is 5.53. The maximum atomic E-state index is 12.6. The summed E-state index contributed by atoms with van der Waals surface area (Å²) in [5, 5.41) is 9.04. The van der Waals surface area contributed by atoms with Gasteiger partial charge in [-0.3, -0.25) is 14.5 Å². The van der Waals surface area contributed by atoms with Crippen LogP contribution in [0.3, 0.4) is 0 Å². The Bertz CT molecular complexity index is 496. The van der Waals surface area contributed by atoms with Crippen LogP contribution in [-0.4, -0.2) is 54.5 Å². The molecular weight excluding hydrogens is 308 g/mol. The van der Waals surface area contributed by atoms with Crippen LogP contribution < -0.4 is 16.0 Å². The zero-order valence-electron chi connectivity index (χ0n) is 14.2. The quantitative estimate of drug-likeness (QED) is 0.646. The van der Waals surface area contributed by atoms with Crippen molar-refractivity contribution in [1.82, 2.24) is 20.9 Å². The van der Waals surface area contributed by atoms with Gasteiger partial charge in [-0.15, -0.1) is 0 Å². The lowest BCUT2D eigenvalue weighted by Crippen LogP contribution is -2.49. The predicted molar refractivity (Wildman–Crippen MR) is 89.3 cm³/mol. The largest absolute Gasteiger partial charge is 0.355 e. The van der Waals surface area contributed by atoms with E-state index in [-0.39, 0.29) is 18.4 Å². The molecule has 0 aromatic heterocycles. The number of carbonyl (C=O) groups excluding carboxylic acids is 3. The molecule has 1 unspecified atom stereocenters. The van der Waals surface area contributed by atoms with Crippen molar-refractivity contribution in [1.29, 1.82) is 0 Å². The highest BCUT2D eigenvalue weighted by Gasteiger charge is 2.51. The first-order chi connectivity index (χ1) is 11.6. The molecule has 1 spiro atoms. The fourth-order valence-electron chi connectivity index (χ4n) is 4.10. The minimum absolute atomic E-state index is 0.171. The number of nitrogens with one attached hydrogen (secondary N) is 3. The van der Waals surface area contributed by atoms with Crippen molar-refractivity contribution in [3.63, 3.8) is 0 Å². The zero-order chi connectivity index (χ0) is 17.0. The molecule has 7 heteroatoms. The molecule has 3 rings (SSSR count). The molecule has 2 heterocycles. The van der Waals surface area contributed by atoms with Crippen molar-refractivity contribution >= 4 is 17.8 Å². The number of hydrogen-bond acceptors (Lipinski definition) is 4. The van der Waals surface area contributed by atoms with Crippen LogP contribution in [0.4, 0.5) is 4.79 Å². The number of rotatable bonds is 5. The number of urea groups is 1. The molecule has 0 bridgehead atoms. The molecule has 7 nitrogen and oxygen atoms in total. The van der Waals surface area contributed by atoms with Crippen LogP contribution in [0.2, 0.25) is 0 Å². The first-order valence-corrected chi connectivity index (χ1v) is 9.22. The van der Waals surface area contributed by atoms with E-state index in [0.29, 0.717) is 25.3 Å². The average molecular weight is 336 g/mol. The predicted octanol–water partition coefficient (Wildman–Crippen LogP) is 0.747. The second kappa shape index (κ2) is 7.51. The van der Waals surface area contributed by atoms with E-state index < -0.39 is 11.6 Å². The molecule has 4 amide bonds. The van der Waals surface area contributed by atoms with Gasteiger partial charge in [0.1, 0.15) is 12.1 Å². The van der Waals surface area contributed by atoms with E-state index in [1.807, 2.05) is 0 Å². The highest BCUT2D eigenvalue weighted by atomic mass is 16.2. The van der Waals surface area contributed by atoms with Crippen molar-refractivity contribution in [2.75, 3.05) is 26.2 Å². The molecular formula is C17H28N4O3. The Hall–Kier alpha value is -1.63. The summed E-state index contributed by atoms with van der Waals surface area (Å²) in [5.74, 6) is 0.121. The van der Waals surface area contributed by atoms with Crippen molar-refractivity contribution in [3.8, 4) is 0 Å². The van der Waals surface area contributed by atoms with Gasteiger partial charge in [0.15, 0.2) is 0 Å². The average Bonchev–Trinajstić information content (AvgIpc) is 2.81. The van der Waals surface area contributed by atoms with Gasteiger partial charge >= 0.3 is 6.03 Å². The molecule has 3 fully saturated rings. The number of piperidine rings is 1. The lowest BCUT2D eigenvalue weighted by atomic mass is 9.82. The summed E-state index contributed by atoms with van der Waals surface area (Å²) in [6.07, 6.45) is 7.67.